The van der Waals surface area contributed by atoms with Gasteiger partial charge < -0.3 is 6.15 Å². The molecule has 4 N–H and O–H groups in total. The summed E-state index contributed by atoms with van der Waals surface area (Å²) in [6.07, 6.45) is 0.0575. The summed E-state index contributed by atoms with van der Waals surface area (Å²) in [6, 6.07) is 0. The van der Waals surface area contributed by atoms with Gasteiger partial charge in [0.1, 0.15) is 0 Å². The maximum Gasteiger partial charge on any atom is 0.281 e. The molecule has 0 rings (SSSR count). The lowest BCUT2D eigenvalue weighted by molar-refractivity contribution is 0.478. The smallest absolute Gasteiger partial charge is 0.281 e. The molecule has 64 valence electrons. The predicted molar refractivity (Wildman–Crippen MR) is 41.5 cm³/mol. The normalized spacial score (nSPS) is 13.9. The SMILES string of the molecule is N.O=S(=O)(O)C(Cl)CCCl. The average Bonchev–Trinajstić information content (AvgIpc) is 1.64. The van der Waals surface area contributed by atoms with E-state index in [1.165, 1.54) is 0 Å². The molecule has 1 unspecified atom stereocenters. The Morgan fingerprint density at radius 3 is 2.00 bits per heavy atom. The molecule has 10 heavy (non-hydrogen) atoms. The van der Waals surface area contributed by atoms with Crippen LogP contribution in [0, 0.1) is 0 Å². The van der Waals surface area contributed by atoms with E-state index < -0.39 is 14.8 Å². The minimum Gasteiger partial charge on any atom is -0.344 e. The Labute approximate surface area is 69.8 Å². The Balaban J connectivity index is 0. The fraction of sp³-hybridized carbons (Fsp3) is 1.00. The first kappa shape index (κ1) is 13.1. The monoisotopic (exact) mass is 209 g/mol. The van der Waals surface area contributed by atoms with Crippen molar-refractivity contribution in [3.63, 3.8) is 0 Å². The van der Waals surface area contributed by atoms with Crippen molar-refractivity contribution in [3.8, 4) is 0 Å². The molecule has 0 saturated carbocycles. The first-order valence-electron chi connectivity index (χ1n) is 2.15. The Kier molecular flexibility index (Phi) is 6.73. The number of alkyl halides is 2. The number of halogens is 2. The molecular formula is C3H9Cl2NO3S. The van der Waals surface area contributed by atoms with E-state index in [-0.39, 0.29) is 18.5 Å². The van der Waals surface area contributed by atoms with Crippen LogP contribution in [-0.4, -0.2) is 23.6 Å². The first-order valence-corrected chi connectivity index (χ1v) is 4.62. The van der Waals surface area contributed by atoms with Gasteiger partial charge in [-0.15, -0.1) is 23.2 Å². The van der Waals surface area contributed by atoms with Gasteiger partial charge in [-0.3, -0.25) is 4.55 Å². The summed E-state index contributed by atoms with van der Waals surface area (Å²) >= 11 is 10.3. The number of hydrogen-bond acceptors (Lipinski definition) is 3. The van der Waals surface area contributed by atoms with Crippen LogP contribution in [0.4, 0.5) is 0 Å². The molecule has 0 aromatic heterocycles. The average molecular weight is 210 g/mol. The van der Waals surface area contributed by atoms with E-state index in [0.29, 0.717) is 0 Å². The Morgan fingerprint density at radius 1 is 1.50 bits per heavy atom. The van der Waals surface area contributed by atoms with Crippen LogP contribution >= 0.6 is 23.2 Å². The fourth-order valence-corrected chi connectivity index (χ4v) is 1.22. The molecule has 0 aromatic carbocycles. The van der Waals surface area contributed by atoms with Gasteiger partial charge in [0.2, 0.25) is 0 Å². The van der Waals surface area contributed by atoms with Gasteiger partial charge in [0.05, 0.1) is 0 Å². The summed E-state index contributed by atoms with van der Waals surface area (Å²) in [7, 11) is -4.08. The fourth-order valence-electron chi connectivity index (χ4n) is 0.235. The van der Waals surface area contributed by atoms with Crippen molar-refractivity contribution >= 4 is 33.3 Å². The molecule has 0 fully saturated rings. The number of hydrogen-bond donors (Lipinski definition) is 2. The summed E-state index contributed by atoms with van der Waals surface area (Å²) in [6.45, 7) is 0. The van der Waals surface area contributed by atoms with E-state index >= 15 is 0 Å². The zero-order chi connectivity index (χ0) is 7.49. The predicted octanol–water partition coefficient (Wildman–Crippen LogP) is 1.23. The Morgan fingerprint density at radius 2 is 1.90 bits per heavy atom. The van der Waals surface area contributed by atoms with E-state index in [9.17, 15) is 8.42 Å². The van der Waals surface area contributed by atoms with E-state index in [1.807, 2.05) is 0 Å². The minimum atomic E-state index is -4.08. The van der Waals surface area contributed by atoms with Gasteiger partial charge in [0, 0.05) is 5.88 Å². The molecule has 0 heterocycles. The molecule has 0 saturated heterocycles. The molecular weight excluding hydrogens is 201 g/mol. The van der Waals surface area contributed by atoms with E-state index in [0.717, 1.165) is 0 Å². The van der Waals surface area contributed by atoms with E-state index in [1.54, 1.807) is 0 Å². The van der Waals surface area contributed by atoms with Crippen molar-refractivity contribution in [2.75, 3.05) is 5.88 Å². The summed E-state index contributed by atoms with van der Waals surface area (Å²) in [5.41, 5.74) is 0. The summed E-state index contributed by atoms with van der Waals surface area (Å²) in [5.74, 6) is 0.119. The highest BCUT2D eigenvalue weighted by atomic mass is 35.5. The summed E-state index contributed by atoms with van der Waals surface area (Å²) in [5, 5.41) is 0. The summed E-state index contributed by atoms with van der Waals surface area (Å²) in [4.78, 5) is 0. The standard InChI is InChI=1S/C3H6Cl2O3S.H3N/c4-2-1-3(5)9(6,7)8;/h3H,1-2H2,(H,6,7,8);1H3. The van der Waals surface area contributed by atoms with Crippen molar-refractivity contribution in [2.45, 2.75) is 11.1 Å². The zero-order valence-corrected chi connectivity index (χ0v) is 7.45. The van der Waals surface area contributed by atoms with Crippen molar-refractivity contribution in [2.24, 2.45) is 0 Å². The van der Waals surface area contributed by atoms with Crippen LogP contribution in [0.15, 0.2) is 0 Å². The van der Waals surface area contributed by atoms with E-state index in [4.69, 9.17) is 27.8 Å². The maximum absolute atomic E-state index is 10.1. The molecule has 0 aliphatic heterocycles. The molecule has 0 aliphatic rings. The third kappa shape index (κ3) is 5.25. The topological polar surface area (TPSA) is 89.4 Å². The highest BCUT2D eigenvalue weighted by Gasteiger charge is 2.17. The molecule has 0 amide bonds. The third-order valence-corrected chi connectivity index (χ3v) is 2.65. The van der Waals surface area contributed by atoms with Crippen LogP contribution in [0.5, 0.6) is 0 Å². The highest BCUT2D eigenvalue weighted by molar-refractivity contribution is 7.87. The lowest BCUT2D eigenvalue weighted by Gasteiger charge is -2.00. The van der Waals surface area contributed by atoms with Gasteiger partial charge in [0.15, 0.2) is 4.71 Å². The van der Waals surface area contributed by atoms with Crippen LogP contribution in [0.2, 0.25) is 0 Å². The molecule has 0 radical (unpaired) electrons. The summed E-state index contributed by atoms with van der Waals surface area (Å²) < 4.78 is 27.1. The van der Waals surface area contributed by atoms with Gasteiger partial charge in [0.25, 0.3) is 10.1 Å². The molecule has 0 aromatic rings. The van der Waals surface area contributed by atoms with Crippen LogP contribution < -0.4 is 6.15 Å². The largest absolute Gasteiger partial charge is 0.344 e. The Bertz CT molecular complexity index is 169. The molecule has 4 nitrogen and oxygen atoms in total. The third-order valence-electron chi connectivity index (χ3n) is 0.659. The molecule has 0 aliphatic carbocycles. The maximum atomic E-state index is 10.1. The van der Waals surface area contributed by atoms with Crippen LogP contribution in [0.3, 0.4) is 0 Å². The van der Waals surface area contributed by atoms with Crippen molar-refractivity contribution in [1.82, 2.24) is 6.15 Å². The Hall–Kier alpha value is 0.450. The molecule has 1 atom stereocenters. The molecule has 0 spiro atoms. The van der Waals surface area contributed by atoms with Crippen molar-refractivity contribution < 1.29 is 13.0 Å². The van der Waals surface area contributed by atoms with Crippen LogP contribution in [-0.2, 0) is 10.1 Å². The quantitative estimate of drug-likeness (QED) is 0.541. The van der Waals surface area contributed by atoms with Gasteiger partial charge >= 0.3 is 0 Å². The van der Waals surface area contributed by atoms with Gasteiger partial charge in [-0.1, -0.05) is 0 Å². The second-order valence-corrected chi connectivity index (χ2v) is 4.17. The molecule has 7 heteroatoms. The second-order valence-electron chi connectivity index (χ2n) is 1.40. The lowest BCUT2D eigenvalue weighted by Crippen LogP contribution is -2.13. The molecule has 0 bridgehead atoms. The van der Waals surface area contributed by atoms with Gasteiger partial charge in [-0.2, -0.15) is 8.42 Å². The van der Waals surface area contributed by atoms with Crippen molar-refractivity contribution in [1.29, 1.82) is 0 Å². The lowest BCUT2D eigenvalue weighted by atomic mass is 10.6. The van der Waals surface area contributed by atoms with Crippen LogP contribution in [0.1, 0.15) is 6.42 Å². The van der Waals surface area contributed by atoms with Crippen molar-refractivity contribution in [3.05, 3.63) is 0 Å². The van der Waals surface area contributed by atoms with Gasteiger partial charge in [-0.05, 0) is 6.42 Å². The minimum absolute atomic E-state index is 0. The highest BCUT2D eigenvalue weighted by Crippen LogP contribution is 2.09. The second kappa shape index (κ2) is 5.15. The van der Waals surface area contributed by atoms with Gasteiger partial charge in [-0.25, -0.2) is 0 Å². The first-order chi connectivity index (χ1) is 3.98. The van der Waals surface area contributed by atoms with E-state index in [2.05, 4.69) is 0 Å². The number of rotatable bonds is 3. The van der Waals surface area contributed by atoms with Crippen LogP contribution in [0.25, 0.3) is 0 Å². The zero-order valence-electron chi connectivity index (χ0n) is 5.13.